The molecule has 3 rings (SSSR count). The van der Waals surface area contributed by atoms with Crippen LogP contribution in [-0.2, 0) is 5.75 Å². The first-order valence-electron chi connectivity index (χ1n) is 10.2. The van der Waals surface area contributed by atoms with Gasteiger partial charge in [-0.3, -0.25) is 10.1 Å². The van der Waals surface area contributed by atoms with Crippen molar-refractivity contribution in [1.82, 2.24) is 10.2 Å². The molecule has 158 valence electrons. The summed E-state index contributed by atoms with van der Waals surface area (Å²) in [6.07, 6.45) is 4.69. The van der Waals surface area contributed by atoms with Crippen LogP contribution >= 0.6 is 23.1 Å². The summed E-state index contributed by atoms with van der Waals surface area (Å²) in [7, 11) is 0. The third-order valence-corrected chi connectivity index (χ3v) is 6.64. The summed E-state index contributed by atoms with van der Waals surface area (Å²) < 4.78 is 6.56. The second-order valence-electron chi connectivity index (χ2n) is 6.98. The topological polar surface area (TPSA) is 64.1 Å². The number of aryl methyl sites for hydroxylation is 1. The molecule has 30 heavy (non-hydrogen) atoms. The number of carbonyl (C=O) groups is 1. The second-order valence-corrected chi connectivity index (χ2v) is 9.18. The zero-order chi connectivity index (χ0) is 21.2. The number of amides is 1. The van der Waals surface area contributed by atoms with E-state index >= 15 is 0 Å². The summed E-state index contributed by atoms with van der Waals surface area (Å²) in [5, 5.41) is 11.6. The van der Waals surface area contributed by atoms with E-state index in [4.69, 9.17) is 4.74 Å². The van der Waals surface area contributed by atoms with E-state index in [1.165, 1.54) is 41.7 Å². The van der Waals surface area contributed by atoms with Gasteiger partial charge in [-0.15, -0.1) is 10.2 Å². The Kier molecular flexibility index (Phi) is 8.71. The molecule has 1 amide bonds. The molecule has 0 bridgehead atoms. The van der Waals surface area contributed by atoms with Crippen molar-refractivity contribution in [3.05, 3.63) is 65.2 Å². The van der Waals surface area contributed by atoms with Crippen LogP contribution in [0.4, 0.5) is 5.13 Å². The molecule has 3 aromatic rings. The van der Waals surface area contributed by atoms with Gasteiger partial charge in [0.2, 0.25) is 5.13 Å². The number of nitrogens with zero attached hydrogens (tertiary/aromatic N) is 2. The zero-order valence-electron chi connectivity index (χ0n) is 17.4. The lowest BCUT2D eigenvalue weighted by molar-refractivity contribution is 0.102. The SMILES string of the molecule is CCCCCCOc1ccc(C(=O)Nc2nnc(SCc3ccccc3C)s2)cc1. The molecule has 0 atom stereocenters. The monoisotopic (exact) mass is 441 g/mol. The lowest BCUT2D eigenvalue weighted by atomic mass is 10.1. The Bertz CT molecular complexity index is 942. The van der Waals surface area contributed by atoms with Crippen molar-refractivity contribution in [3.8, 4) is 5.75 Å². The van der Waals surface area contributed by atoms with Crippen LogP contribution in [0.3, 0.4) is 0 Å². The summed E-state index contributed by atoms with van der Waals surface area (Å²) in [5.74, 6) is 1.42. The van der Waals surface area contributed by atoms with Crippen molar-refractivity contribution in [3.63, 3.8) is 0 Å². The third-order valence-electron chi connectivity index (χ3n) is 4.62. The number of hydrogen-bond donors (Lipinski definition) is 1. The van der Waals surface area contributed by atoms with Gasteiger partial charge >= 0.3 is 0 Å². The van der Waals surface area contributed by atoms with Gasteiger partial charge in [0.1, 0.15) is 5.75 Å². The lowest BCUT2D eigenvalue weighted by Crippen LogP contribution is -2.11. The highest BCUT2D eigenvalue weighted by molar-refractivity contribution is 8.00. The Labute approximate surface area is 186 Å². The molecule has 5 nitrogen and oxygen atoms in total. The molecule has 1 N–H and O–H groups in total. The highest BCUT2D eigenvalue weighted by Gasteiger charge is 2.11. The maximum Gasteiger partial charge on any atom is 0.257 e. The predicted octanol–water partition coefficient (Wildman–Crippen LogP) is 6.35. The minimum absolute atomic E-state index is 0.198. The van der Waals surface area contributed by atoms with Gasteiger partial charge in [-0.05, 0) is 48.7 Å². The Morgan fingerprint density at radius 3 is 2.63 bits per heavy atom. The fourth-order valence-corrected chi connectivity index (χ4v) is 4.64. The van der Waals surface area contributed by atoms with Gasteiger partial charge in [-0.1, -0.05) is 73.6 Å². The molecule has 0 aliphatic rings. The molecule has 0 aliphatic carbocycles. The van der Waals surface area contributed by atoms with Gasteiger partial charge in [0.05, 0.1) is 6.61 Å². The van der Waals surface area contributed by atoms with E-state index in [9.17, 15) is 4.79 Å². The van der Waals surface area contributed by atoms with E-state index in [-0.39, 0.29) is 5.91 Å². The summed E-state index contributed by atoms with van der Waals surface area (Å²) in [6.45, 7) is 5.00. The molecule has 1 aromatic heterocycles. The Hall–Kier alpha value is -2.38. The number of ether oxygens (including phenoxy) is 1. The van der Waals surface area contributed by atoms with E-state index < -0.39 is 0 Å². The minimum atomic E-state index is -0.198. The fraction of sp³-hybridized carbons (Fsp3) is 0.348. The molecular formula is C23H27N3O2S2. The number of rotatable bonds is 11. The van der Waals surface area contributed by atoms with E-state index in [0.717, 1.165) is 22.3 Å². The third kappa shape index (κ3) is 6.85. The maximum atomic E-state index is 12.5. The fourth-order valence-electron chi connectivity index (χ4n) is 2.82. The van der Waals surface area contributed by atoms with Crippen molar-refractivity contribution in [2.75, 3.05) is 11.9 Å². The summed E-state index contributed by atoms with van der Waals surface area (Å²) >= 11 is 3.01. The largest absolute Gasteiger partial charge is 0.494 e. The average molecular weight is 442 g/mol. The predicted molar refractivity (Wildman–Crippen MR) is 125 cm³/mol. The van der Waals surface area contributed by atoms with Gasteiger partial charge in [0.25, 0.3) is 5.91 Å². The van der Waals surface area contributed by atoms with Crippen LogP contribution in [0.15, 0.2) is 52.9 Å². The van der Waals surface area contributed by atoms with Gasteiger partial charge in [-0.25, -0.2) is 0 Å². The molecule has 0 unspecified atom stereocenters. The number of nitrogens with one attached hydrogen (secondary N) is 1. The van der Waals surface area contributed by atoms with E-state index in [1.54, 1.807) is 23.9 Å². The van der Waals surface area contributed by atoms with Crippen LogP contribution in [0, 0.1) is 6.92 Å². The molecule has 0 spiro atoms. The van der Waals surface area contributed by atoms with Crippen LogP contribution in [0.25, 0.3) is 0 Å². The van der Waals surface area contributed by atoms with Crippen molar-refractivity contribution in [2.45, 2.75) is 49.6 Å². The Morgan fingerprint density at radius 2 is 1.87 bits per heavy atom. The first kappa shape index (κ1) is 22.3. The summed E-state index contributed by atoms with van der Waals surface area (Å²) in [5.41, 5.74) is 3.10. The lowest BCUT2D eigenvalue weighted by Gasteiger charge is -2.07. The van der Waals surface area contributed by atoms with Crippen LogP contribution in [-0.4, -0.2) is 22.7 Å². The summed E-state index contributed by atoms with van der Waals surface area (Å²) in [4.78, 5) is 12.5. The second kappa shape index (κ2) is 11.7. The number of hydrogen-bond acceptors (Lipinski definition) is 6. The molecule has 0 saturated carbocycles. The highest BCUT2D eigenvalue weighted by atomic mass is 32.2. The van der Waals surface area contributed by atoms with Crippen molar-refractivity contribution >= 4 is 34.1 Å². The number of benzene rings is 2. The van der Waals surface area contributed by atoms with Gasteiger partial charge in [0, 0.05) is 11.3 Å². The number of unbranched alkanes of at least 4 members (excludes halogenated alkanes) is 3. The molecule has 7 heteroatoms. The molecule has 0 fully saturated rings. The van der Waals surface area contributed by atoms with Crippen molar-refractivity contribution in [1.29, 1.82) is 0 Å². The Balaban J connectivity index is 1.47. The van der Waals surface area contributed by atoms with E-state index in [2.05, 4.69) is 41.5 Å². The number of anilines is 1. The maximum absolute atomic E-state index is 12.5. The molecule has 0 radical (unpaired) electrons. The van der Waals surface area contributed by atoms with Crippen molar-refractivity contribution < 1.29 is 9.53 Å². The molecule has 0 aliphatic heterocycles. The molecular weight excluding hydrogens is 414 g/mol. The van der Waals surface area contributed by atoms with Gasteiger partial charge < -0.3 is 4.74 Å². The van der Waals surface area contributed by atoms with Crippen LogP contribution in [0.5, 0.6) is 5.75 Å². The van der Waals surface area contributed by atoms with Crippen LogP contribution in [0.1, 0.15) is 54.1 Å². The average Bonchev–Trinajstić information content (AvgIpc) is 3.20. The highest BCUT2D eigenvalue weighted by Crippen LogP contribution is 2.29. The Morgan fingerprint density at radius 1 is 1.07 bits per heavy atom. The quantitative estimate of drug-likeness (QED) is 0.213. The molecule has 2 aromatic carbocycles. The normalized spacial score (nSPS) is 10.7. The first-order valence-corrected chi connectivity index (χ1v) is 12.0. The van der Waals surface area contributed by atoms with Crippen LogP contribution in [0.2, 0.25) is 0 Å². The van der Waals surface area contributed by atoms with E-state index in [0.29, 0.717) is 17.3 Å². The first-order chi connectivity index (χ1) is 14.7. The number of aromatic nitrogens is 2. The number of thioether (sulfide) groups is 1. The molecule has 1 heterocycles. The zero-order valence-corrected chi connectivity index (χ0v) is 19.0. The van der Waals surface area contributed by atoms with Crippen molar-refractivity contribution in [2.24, 2.45) is 0 Å². The minimum Gasteiger partial charge on any atom is -0.494 e. The van der Waals surface area contributed by atoms with Gasteiger partial charge in [-0.2, -0.15) is 0 Å². The van der Waals surface area contributed by atoms with E-state index in [1.807, 2.05) is 24.3 Å². The van der Waals surface area contributed by atoms with Crippen LogP contribution < -0.4 is 10.1 Å². The standard InChI is InChI=1S/C23H27N3O2S2/c1-3-4-5-8-15-28-20-13-11-18(12-14-20)21(27)24-22-25-26-23(30-22)29-16-19-10-7-6-9-17(19)2/h6-7,9-14H,3-5,8,15-16H2,1-2H3,(H,24,25,27). The van der Waals surface area contributed by atoms with Gasteiger partial charge in [0.15, 0.2) is 4.34 Å². The molecule has 0 saturated heterocycles. The summed E-state index contributed by atoms with van der Waals surface area (Å²) in [6, 6.07) is 15.5. The smallest absolute Gasteiger partial charge is 0.257 e. The number of carbonyl (C=O) groups excluding carboxylic acids is 1.